The Morgan fingerprint density at radius 1 is 1.11 bits per heavy atom. The first-order valence-corrected chi connectivity index (χ1v) is 5.11. The summed E-state index contributed by atoms with van der Waals surface area (Å²) in [6.45, 7) is 0. The molecule has 9 nitrogen and oxygen atoms in total. The molecule has 0 aliphatic carbocycles. The summed E-state index contributed by atoms with van der Waals surface area (Å²) in [6, 6.07) is 7.80. The Hall–Kier alpha value is -2.97. The Morgan fingerprint density at radius 2 is 1.68 bits per heavy atom. The van der Waals surface area contributed by atoms with E-state index in [9.17, 15) is 25.0 Å². The maximum atomic E-state index is 12.0. The Morgan fingerprint density at radius 3 is 2.16 bits per heavy atom. The van der Waals surface area contributed by atoms with Crippen molar-refractivity contribution in [1.29, 1.82) is 0 Å². The minimum Gasteiger partial charge on any atom is -0.358 e. The molecule has 0 saturated heterocycles. The fourth-order valence-electron chi connectivity index (χ4n) is 1.79. The van der Waals surface area contributed by atoms with Crippen LogP contribution in [0.1, 0.15) is 0 Å². The molecule has 0 fully saturated rings. The first-order valence-electron chi connectivity index (χ1n) is 5.11. The van der Waals surface area contributed by atoms with Crippen LogP contribution in [0.5, 0.6) is 0 Å². The molecule has 1 aromatic heterocycles. The van der Waals surface area contributed by atoms with Crippen LogP contribution in [-0.4, -0.2) is 19.4 Å². The van der Waals surface area contributed by atoms with E-state index < -0.39 is 21.3 Å². The van der Waals surface area contributed by atoms with E-state index in [4.69, 9.17) is 0 Å². The summed E-state index contributed by atoms with van der Waals surface area (Å²) in [6.07, 6.45) is 0. The van der Waals surface area contributed by atoms with E-state index in [1.165, 1.54) is 12.1 Å². The lowest BCUT2D eigenvalue weighted by Gasteiger charge is -1.97. The highest BCUT2D eigenvalue weighted by molar-refractivity contribution is 5.70. The van der Waals surface area contributed by atoms with Crippen molar-refractivity contribution in [3.05, 3.63) is 60.9 Å². The van der Waals surface area contributed by atoms with Gasteiger partial charge in [0.1, 0.15) is 16.9 Å². The fraction of sp³-hybridized carbons (Fsp3) is 0.100. The predicted octanol–water partition coefficient (Wildman–Crippen LogP) is 0.802. The average molecular weight is 264 g/mol. The molecule has 0 amide bonds. The summed E-state index contributed by atoms with van der Waals surface area (Å²) in [7, 11) is 1.10. The van der Waals surface area contributed by atoms with Crippen molar-refractivity contribution in [3.8, 4) is 11.1 Å². The first kappa shape index (κ1) is 12.5. The molecule has 0 aliphatic rings. The molecule has 0 saturated carbocycles. The van der Waals surface area contributed by atoms with E-state index in [0.29, 0.717) is 4.68 Å². The lowest BCUT2D eigenvalue weighted by Crippen LogP contribution is -2.24. The highest BCUT2D eigenvalue weighted by atomic mass is 16.7. The zero-order valence-corrected chi connectivity index (χ0v) is 9.72. The third-order valence-corrected chi connectivity index (χ3v) is 2.60. The van der Waals surface area contributed by atoms with Gasteiger partial charge in [-0.05, 0) is 15.2 Å². The molecule has 1 heterocycles. The summed E-state index contributed by atoms with van der Waals surface area (Å²) in [5.74, 6) is -0.858. The van der Waals surface area contributed by atoms with E-state index in [-0.39, 0.29) is 15.9 Å². The molecule has 0 radical (unpaired) electrons. The lowest BCUT2D eigenvalue weighted by atomic mass is 10.1. The maximum Gasteiger partial charge on any atom is 0.427 e. The van der Waals surface area contributed by atoms with Crippen LogP contribution in [0, 0.1) is 20.2 Å². The number of hydrogen-bond acceptors (Lipinski definition) is 5. The Kier molecular flexibility index (Phi) is 2.87. The molecule has 9 heteroatoms. The second kappa shape index (κ2) is 4.37. The Labute approximate surface area is 105 Å². The molecular weight excluding hydrogens is 256 g/mol. The van der Waals surface area contributed by atoms with Crippen molar-refractivity contribution < 1.29 is 9.96 Å². The van der Waals surface area contributed by atoms with Gasteiger partial charge in [0.2, 0.25) is 0 Å². The molecule has 0 atom stereocenters. The van der Waals surface area contributed by atoms with Gasteiger partial charge in [-0.1, -0.05) is 30.3 Å². The van der Waals surface area contributed by atoms with Gasteiger partial charge in [-0.2, -0.15) is 0 Å². The van der Waals surface area contributed by atoms with Crippen LogP contribution in [0.4, 0.5) is 5.82 Å². The van der Waals surface area contributed by atoms with Crippen LogP contribution < -0.4 is 5.56 Å². The van der Waals surface area contributed by atoms with Crippen LogP contribution in [-0.2, 0) is 7.05 Å². The van der Waals surface area contributed by atoms with Crippen molar-refractivity contribution in [1.82, 2.24) is 9.47 Å². The molecule has 98 valence electrons. The molecule has 0 aliphatic heterocycles. The lowest BCUT2D eigenvalue weighted by molar-refractivity contribution is -0.575. The van der Waals surface area contributed by atoms with E-state index in [1.54, 1.807) is 18.2 Å². The van der Waals surface area contributed by atoms with Gasteiger partial charge in [-0.25, -0.2) is 4.79 Å². The van der Waals surface area contributed by atoms with E-state index >= 15 is 0 Å². The van der Waals surface area contributed by atoms with Crippen molar-refractivity contribution in [2.24, 2.45) is 7.05 Å². The summed E-state index contributed by atoms with van der Waals surface area (Å²) in [5.41, 5.74) is -0.838. The molecule has 0 N–H and O–H groups in total. The number of rotatable bonds is 3. The van der Waals surface area contributed by atoms with Crippen molar-refractivity contribution >= 4 is 5.82 Å². The van der Waals surface area contributed by atoms with Crippen molar-refractivity contribution in [2.75, 3.05) is 0 Å². The smallest absolute Gasteiger partial charge is 0.358 e. The number of nitro groups is 2. The van der Waals surface area contributed by atoms with Gasteiger partial charge >= 0.3 is 11.4 Å². The van der Waals surface area contributed by atoms with Crippen molar-refractivity contribution in [2.45, 2.75) is 0 Å². The third-order valence-electron chi connectivity index (χ3n) is 2.60. The first-order chi connectivity index (χ1) is 8.95. The highest BCUT2D eigenvalue weighted by Crippen LogP contribution is 2.26. The second-order valence-corrected chi connectivity index (χ2v) is 3.68. The number of nitrogens with zero attached hydrogens (tertiary/aromatic N) is 4. The number of aromatic nitrogens is 2. The van der Waals surface area contributed by atoms with Gasteiger partial charge < -0.3 is 20.2 Å². The van der Waals surface area contributed by atoms with Gasteiger partial charge in [0.05, 0.1) is 0 Å². The second-order valence-electron chi connectivity index (χ2n) is 3.68. The summed E-state index contributed by atoms with van der Waals surface area (Å²) in [4.78, 5) is 33.0. The summed E-state index contributed by atoms with van der Waals surface area (Å²) < 4.78 is 0.598. The van der Waals surface area contributed by atoms with Gasteiger partial charge in [-0.15, -0.1) is 0 Å². The van der Waals surface area contributed by atoms with Crippen LogP contribution in [0.2, 0.25) is 0 Å². The van der Waals surface area contributed by atoms with E-state index in [0.717, 1.165) is 7.05 Å². The predicted molar refractivity (Wildman–Crippen MR) is 64.2 cm³/mol. The van der Waals surface area contributed by atoms with Gasteiger partial charge in [-0.3, -0.25) is 0 Å². The van der Waals surface area contributed by atoms with E-state index in [1.807, 2.05) is 0 Å². The van der Waals surface area contributed by atoms with Crippen LogP contribution in [0.15, 0.2) is 35.1 Å². The zero-order chi connectivity index (χ0) is 14.2. The van der Waals surface area contributed by atoms with Gasteiger partial charge in [0.15, 0.2) is 5.56 Å². The summed E-state index contributed by atoms with van der Waals surface area (Å²) >= 11 is 0. The van der Waals surface area contributed by atoms with Crippen LogP contribution in [0.25, 0.3) is 11.1 Å². The van der Waals surface area contributed by atoms with E-state index in [2.05, 4.69) is 0 Å². The molecule has 0 spiro atoms. The van der Waals surface area contributed by atoms with Crippen LogP contribution in [0.3, 0.4) is 0 Å². The van der Waals surface area contributed by atoms with Crippen molar-refractivity contribution in [3.63, 3.8) is 0 Å². The number of hydrogen-bond donors (Lipinski definition) is 0. The quantitative estimate of drug-likeness (QED) is 0.601. The normalized spacial score (nSPS) is 10.4. The molecule has 19 heavy (non-hydrogen) atoms. The zero-order valence-electron chi connectivity index (χ0n) is 9.72. The molecular formula is C10H8N4O5. The highest BCUT2D eigenvalue weighted by Gasteiger charge is 2.37. The van der Waals surface area contributed by atoms with Gasteiger partial charge in [0, 0.05) is 0 Å². The molecule has 0 bridgehead atoms. The molecule has 2 rings (SSSR count). The van der Waals surface area contributed by atoms with Gasteiger partial charge in [0.25, 0.3) is 0 Å². The standard InChI is InChI=1S/C10H8N4O5/c1-11-10(15)8(7-5-3-2-4-6-7)9(13(16)17)12(11)14(18)19/h2-6H,1H3. The molecule has 1 aromatic carbocycles. The SMILES string of the molecule is Cn1c(=O)c(-c2ccccc2)c([N+](=O)[O-])n1[N+](=O)[O-]. The Bertz CT molecular complexity index is 716. The maximum absolute atomic E-state index is 12.0. The molecule has 0 unspecified atom stereocenters. The minimum atomic E-state index is -1.01. The number of benzene rings is 1. The van der Waals surface area contributed by atoms with Crippen LogP contribution >= 0.6 is 0 Å². The largest absolute Gasteiger partial charge is 0.427 e. The third kappa shape index (κ3) is 1.86. The average Bonchev–Trinajstić information content (AvgIpc) is 2.64. The summed E-state index contributed by atoms with van der Waals surface area (Å²) in [5, 5.41) is 20.9. The topological polar surface area (TPSA) is 113 Å². The Balaban J connectivity index is 2.89. The minimum absolute atomic E-state index is 0.130. The monoisotopic (exact) mass is 264 g/mol. The fourth-order valence-corrected chi connectivity index (χ4v) is 1.79. The molecule has 2 aromatic rings.